The second-order valence-corrected chi connectivity index (χ2v) is 2.80. The molecule has 0 aliphatic carbocycles. The van der Waals surface area contributed by atoms with E-state index in [0.29, 0.717) is 6.42 Å². The largest absolute Gasteiger partial charge is 0.388 e. The van der Waals surface area contributed by atoms with E-state index in [2.05, 4.69) is 0 Å². The van der Waals surface area contributed by atoms with Crippen molar-refractivity contribution >= 4 is 0 Å². The molecule has 1 rings (SSSR count). The van der Waals surface area contributed by atoms with E-state index in [0.717, 1.165) is 0 Å². The van der Waals surface area contributed by atoms with Crippen LogP contribution in [0.2, 0.25) is 0 Å². The van der Waals surface area contributed by atoms with Crippen LogP contribution in [-0.2, 0) is 9.47 Å². The summed E-state index contributed by atoms with van der Waals surface area (Å²) in [6, 6.07) is 0. The van der Waals surface area contributed by atoms with Gasteiger partial charge in [-0.1, -0.05) is 0 Å². The zero-order valence-corrected chi connectivity index (χ0v) is 6.73. The van der Waals surface area contributed by atoms with Gasteiger partial charge >= 0.3 is 0 Å². The standard InChI is InChI=1S/C7H14O4/c1-4-7(9)5(10-2)3-6(8)11-4/h4-9H,3H2,1-2H3/t4-,5-,6+,7-/m0/s1. The zero-order valence-electron chi connectivity index (χ0n) is 6.73. The Balaban J connectivity index is 2.51. The van der Waals surface area contributed by atoms with Crippen molar-refractivity contribution < 1.29 is 19.7 Å². The highest BCUT2D eigenvalue weighted by Gasteiger charge is 2.34. The van der Waals surface area contributed by atoms with E-state index in [9.17, 15) is 5.11 Å². The molecule has 2 N–H and O–H groups in total. The van der Waals surface area contributed by atoms with Gasteiger partial charge in [0, 0.05) is 13.5 Å². The summed E-state index contributed by atoms with van der Waals surface area (Å²) in [7, 11) is 1.51. The number of hydrogen-bond acceptors (Lipinski definition) is 4. The molecule has 1 heterocycles. The van der Waals surface area contributed by atoms with Gasteiger partial charge in [0.15, 0.2) is 6.29 Å². The van der Waals surface area contributed by atoms with Gasteiger partial charge < -0.3 is 19.7 Å². The molecule has 4 atom stereocenters. The molecule has 66 valence electrons. The molecule has 0 aromatic carbocycles. The predicted octanol–water partition coefficient (Wildman–Crippen LogP) is -0.510. The molecule has 0 aromatic rings. The predicted molar refractivity (Wildman–Crippen MR) is 38.0 cm³/mol. The summed E-state index contributed by atoms with van der Waals surface area (Å²) in [5, 5.41) is 18.5. The third-order valence-corrected chi connectivity index (χ3v) is 1.97. The Morgan fingerprint density at radius 3 is 2.64 bits per heavy atom. The van der Waals surface area contributed by atoms with E-state index in [1.807, 2.05) is 0 Å². The summed E-state index contributed by atoms with van der Waals surface area (Å²) in [5.74, 6) is 0. The normalized spacial score (nSPS) is 45.8. The second kappa shape index (κ2) is 3.49. The molecule has 0 saturated carbocycles. The summed E-state index contributed by atoms with van der Waals surface area (Å²) in [6.45, 7) is 1.71. The summed E-state index contributed by atoms with van der Waals surface area (Å²) < 4.78 is 9.91. The van der Waals surface area contributed by atoms with Crippen molar-refractivity contribution in [1.82, 2.24) is 0 Å². The highest BCUT2D eigenvalue weighted by Crippen LogP contribution is 2.20. The van der Waals surface area contributed by atoms with E-state index in [4.69, 9.17) is 14.6 Å². The summed E-state index contributed by atoms with van der Waals surface area (Å²) in [5.41, 5.74) is 0. The van der Waals surface area contributed by atoms with E-state index < -0.39 is 12.4 Å². The Morgan fingerprint density at radius 2 is 2.09 bits per heavy atom. The van der Waals surface area contributed by atoms with Gasteiger partial charge in [0.1, 0.15) is 6.10 Å². The van der Waals surface area contributed by atoms with Crippen LogP contribution in [0.25, 0.3) is 0 Å². The van der Waals surface area contributed by atoms with Crippen molar-refractivity contribution in [3.63, 3.8) is 0 Å². The van der Waals surface area contributed by atoms with Crippen molar-refractivity contribution in [3.05, 3.63) is 0 Å². The smallest absolute Gasteiger partial charge is 0.157 e. The Hall–Kier alpha value is -0.160. The van der Waals surface area contributed by atoms with Crippen LogP contribution in [0, 0.1) is 0 Å². The lowest BCUT2D eigenvalue weighted by molar-refractivity contribution is -0.231. The van der Waals surface area contributed by atoms with Crippen LogP contribution >= 0.6 is 0 Å². The fraction of sp³-hybridized carbons (Fsp3) is 1.00. The third-order valence-electron chi connectivity index (χ3n) is 1.97. The molecule has 0 bridgehead atoms. The molecule has 1 aliphatic heterocycles. The number of aliphatic hydroxyl groups excluding tert-OH is 2. The molecule has 1 fully saturated rings. The topological polar surface area (TPSA) is 58.9 Å². The molecule has 0 unspecified atom stereocenters. The second-order valence-electron chi connectivity index (χ2n) is 2.80. The monoisotopic (exact) mass is 162 g/mol. The minimum atomic E-state index is -0.807. The molecular weight excluding hydrogens is 148 g/mol. The molecule has 11 heavy (non-hydrogen) atoms. The zero-order chi connectivity index (χ0) is 8.43. The van der Waals surface area contributed by atoms with Gasteiger partial charge in [-0.15, -0.1) is 0 Å². The first kappa shape index (κ1) is 8.93. The number of methoxy groups -OCH3 is 1. The minimum Gasteiger partial charge on any atom is -0.388 e. The molecule has 4 heteroatoms. The first-order chi connectivity index (χ1) is 5.15. The maximum Gasteiger partial charge on any atom is 0.157 e. The van der Waals surface area contributed by atoms with Gasteiger partial charge in [0.25, 0.3) is 0 Å². The van der Waals surface area contributed by atoms with Crippen molar-refractivity contribution in [2.45, 2.75) is 37.9 Å². The molecule has 4 nitrogen and oxygen atoms in total. The fourth-order valence-electron chi connectivity index (χ4n) is 1.26. The maximum atomic E-state index is 9.39. The number of ether oxygens (including phenoxy) is 2. The first-order valence-electron chi connectivity index (χ1n) is 3.69. The average Bonchev–Trinajstić information content (AvgIpc) is 1.96. The SMILES string of the molecule is CO[C@H]1C[C@H](O)O[C@@H](C)[C@@H]1O. The Morgan fingerprint density at radius 1 is 1.45 bits per heavy atom. The van der Waals surface area contributed by atoms with Crippen LogP contribution in [0.15, 0.2) is 0 Å². The van der Waals surface area contributed by atoms with Crippen LogP contribution in [0.3, 0.4) is 0 Å². The number of aliphatic hydroxyl groups is 2. The highest BCUT2D eigenvalue weighted by molar-refractivity contribution is 4.80. The van der Waals surface area contributed by atoms with Crippen LogP contribution in [0.4, 0.5) is 0 Å². The van der Waals surface area contributed by atoms with Crippen molar-refractivity contribution in [2.75, 3.05) is 7.11 Å². The maximum absolute atomic E-state index is 9.39. The van der Waals surface area contributed by atoms with E-state index in [-0.39, 0.29) is 12.2 Å². The lowest BCUT2D eigenvalue weighted by Crippen LogP contribution is -2.47. The van der Waals surface area contributed by atoms with Gasteiger partial charge in [-0.2, -0.15) is 0 Å². The molecule has 1 saturated heterocycles. The van der Waals surface area contributed by atoms with Crippen LogP contribution in [0.1, 0.15) is 13.3 Å². The lowest BCUT2D eigenvalue weighted by Gasteiger charge is -2.34. The van der Waals surface area contributed by atoms with Crippen molar-refractivity contribution in [3.8, 4) is 0 Å². The number of rotatable bonds is 1. The quantitative estimate of drug-likeness (QED) is 0.545. The van der Waals surface area contributed by atoms with Gasteiger partial charge in [-0.3, -0.25) is 0 Å². The summed E-state index contributed by atoms with van der Waals surface area (Å²) in [4.78, 5) is 0. The van der Waals surface area contributed by atoms with Crippen molar-refractivity contribution in [2.24, 2.45) is 0 Å². The van der Waals surface area contributed by atoms with E-state index in [1.54, 1.807) is 6.92 Å². The van der Waals surface area contributed by atoms with E-state index in [1.165, 1.54) is 7.11 Å². The molecular formula is C7H14O4. The third kappa shape index (κ3) is 1.90. The Labute approximate surface area is 65.7 Å². The summed E-state index contributed by atoms with van der Waals surface area (Å²) >= 11 is 0. The first-order valence-corrected chi connectivity index (χ1v) is 3.69. The molecule has 0 aromatic heterocycles. The van der Waals surface area contributed by atoms with Gasteiger partial charge in [-0.25, -0.2) is 0 Å². The van der Waals surface area contributed by atoms with Crippen LogP contribution < -0.4 is 0 Å². The Bertz CT molecular complexity index is 128. The van der Waals surface area contributed by atoms with Gasteiger partial charge in [0.05, 0.1) is 12.2 Å². The van der Waals surface area contributed by atoms with Crippen LogP contribution in [0.5, 0.6) is 0 Å². The fourth-order valence-corrected chi connectivity index (χ4v) is 1.26. The summed E-state index contributed by atoms with van der Waals surface area (Å²) in [6.07, 6.45) is -1.78. The van der Waals surface area contributed by atoms with Gasteiger partial charge in [-0.05, 0) is 6.92 Å². The number of hydrogen-bond donors (Lipinski definition) is 2. The molecule has 0 amide bonds. The molecule has 1 aliphatic rings. The van der Waals surface area contributed by atoms with Crippen LogP contribution in [-0.4, -0.2) is 41.9 Å². The molecule has 0 spiro atoms. The lowest BCUT2D eigenvalue weighted by atomic mass is 10.0. The Kier molecular flexibility index (Phi) is 2.84. The highest BCUT2D eigenvalue weighted by atomic mass is 16.6. The molecule has 0 radical (unpaired) electrons. The average molecular weight is 162 g/mol. The van der Waals surface area contributed by atoms with Crippen molar-refractivity contribution in [1.29, 1.82) is 0 Å². The van der Waals surface area contributed by atoms with E-state index >= 15 is 0 Å². The minimum absolute atomic E-state index is 0.311. The van der Waals surface area contributed by atoms with Gasteiger partial charge in [0.2, 0.25) is 0 Å².